The van der Waals surface area contributed by atoms with Crippen molar-refractivity contribution in [1.82, 2.24) is 9.21 Å². The highest BCUT2D eigenvalue weighted by atomic mass is 35.5. The second kappa shape index (κ2) is 5.39. The van der Waals surface area contributed by atoms with E-state index in [4.69, 9.17) is 17.3 Å². The highest BCUT2D eigenvalue weighted by molar-refractivity contribution is 7.89. The first-order valence-corrected chi connectivity index (χ1v) is 8.70. The second-order valence-electron chi connectivity index (χ2n) is 5.48. The summed E-state index contributed by atoms with van der Waals surface area (Å²) < 4.78 is 40.5. The van der Waals surface area contributed by atoms with E-state index in [0.29, 0.717) is 32.2 Å². The lowest BCUT2D eigenvalue weighted by molar-refractivity contribution is 0.180. The molecule has 0 atom stereocenters. The lowest BCUT2D eigenvalue weighted by atomic mass is 10.3. The topological polar surface area (TPSA) is 66.6 Å². The van der Waals surface area contributed by atoms with Crippen LogP contribution in [0.2, 0.25) is 5.02 Å². The van der Waals surface area contributed by atoms with E-state index in [1.807, 2.05) is 0 Å². The molecule has 1 aliphatic carbocycles. The average Bonchev–Trinajstić information content (AvgIpc) is 3.27. The Bertz CT molecular complexity index is 656. The summed E-state index contributed by atoms with van der Waals surface area (Å²) in [6, 6.07) is 2.94. The van der Waals surface area contributed by atoms with Crippen LogP contribution < -0.4 is 5.73 Å². The fraction of sp³-hybridized carbons (Fsp3) is 0.538. The third-order valence-electron chi connectivity index (χ3n) is 3.99. The lowest BCUT2D eigenvalue weighted by Crippen LogP contribution is -2.49. The number of sulfonamides is 1. The van der Waals surface area contributed by atoms with Crippen LogP contribution in [0.5, 0.6) is 0 Å². The minimum absolute atomic E-state index is 0.115. The number of hydrogen-bond donors (Lipinski definition) is 1. The van der Waals surface area contributed by atoms with Crippen molar-refractivity contribution in [3.8, 4) is 0 Å². The number of anilines is 1. The van der Waals surface area contributed by atoms with Crippen LogP contribution in [-0.2, 0) is 10.0 Å². The van der Waals surface area contributed by atoms with Gasteiger partial charge in [-0.15, -0.1) is 0 Å². The molecule has 1 aliphatic heterocycles. The van der Waals surface area contributed by atoms with Gasteiger partial charge in [0.05, 0.1) is 5.69 Å². The number of benzene rings is 1. The van der Waals surface area contributed by atoms with E-state index in [2.05, 4.69) is 4.90 Å². The predicted molar refractivity (Wildman–Crippen MR) is 79.2 cm³/mol. The van der Waals surface area contributed by atoms with Gasteiger partial charge in [-0.25, -0.2) is 12.8 Å². The van der Waals surface area contributed by atoms with Gasteiger partial charge in [-0.3, -0.25) is 4.90 Å². The monoisotopic (exact) mass is 333 g/mol. The van der Waals surface area contributed by atoms with Gasteiger partial charge in [-0.1, -0.05) is 11.6 Å². The maximum absolute atomic E-state index is 14.0. The first-order chi connectivity index (χ1) is 9.89. The van der Waals surface area contributed by atoms with Crippen LogP contribution in [-0.4, -0.2) is 49.8 Å². The third kappa shape index (κ3) is 2.88. The quantitative estimate of drug-likeness (QED) is 0.852. The molecule has 2 aliphatic rings. The van der Waals surface area contributed by atoms with Crippen LogP contribution in [0.25, 0.3) is 0 Å². The first kappa shape index (κ1) is 15.0. The van der Waals surface area contributed by atoms with Gasteiger partial charge in [0.25, 0.3) is 0 Å². The fourth-order valence-electron chi connectivity index (χ4n) is 2.66. The summed E-state index contributed by atoms with van der Waals surface area (Å²) in [5, 5.41) is 0.115. The number of piperazine rings is 1. The molecule has 0 spiro atoms. The maximum Gasteiger partial charge on any atom is 0.246 e. The van der Waals surface area contributed by atoms with Gasteiger partial charge in [-0.2, -0.15) is 4.31 Å². The molecule has 2 N–H and O–H groups in total. The molecule has 2 fully saturated rings. The number of nitrogen functional groups attached to an aromatic ring is 1. The number of halogens is 2. The Labute approximate surface area is 128 Å². The molecule has 0 radical (unpaired) electrons. The summed E-state index contributed by atoms with van der Waals surface area (Å²) in [4.78, 5) is 1.85. The Morgan fingerprint density at radius 1 is 1.19 bits per heavy atom. The Morgan fingerprint density at radius 2 is 1.81 bits per heavy atom. The minimum atomic E-state index is -3.90. The van der Waals surface area contributed by atoms with Crippen molar-refractivity contribution < 1.29 is 12.8 Å². The number of nitrogens with zero attached hydrogens (tertiary/aromatic N) is 2. The zero-order valence-electron chi connectivity index (χ0n) is 11.4. The van der Waals surface area contributed by atoms with Crippen LogP contribution in [0.4, 0.5) is 10.1 Å². The Morgan fingerprint density at radius 3 is 2.38 bits per heavy atom. The average molecular weight is 334 g/mol. The van der Waals surface area contributed by atoms with Gasteiger partial charge in [0.15, 0.2) is 5.82 Å². The molecule has 1 aromatic carbocycles. The van der Waals surface area contributed by atoms with Gasteiger partial charge >= 0.3 is 0 Å². The van der Waals surface area contributed by atoms with Gasteiger partial charge < -0.3 is 5.73 Å². The molecular formula is C13H17ClFN3O2S. The molecule has 3 rings (SSSR count). The normalized spacial score (nSPS) is 21.6. The SMILES string of the molecule is Nc1cc(Cl)cc(S(=O)(=O)N2CCN(C3CC3)CC2)c1F. The Hall–Kier alpha value is -0.890. The standard InChI is InChI=1S/C13H17ClFN3O2S/c14-9-7-11(16)13(15)12(8-9)21(19,20)18-5-3-17(4-6-18)10-1-2-10/h7-8,10H,1-6,16H2. The molecular weight excluding hydrogens is 317 g/mol. The molecule has 21 heavy (non-hydrogen) atoms. The lowest BCUT2D eigenvalue weighted by Gasteiger charge is -2.34. The van der Waals surface area contributed by atoms with Crippen molar-refractivity contribution in [1.29, 1.82) is 0 Å². The van der Waals surface area contributed by atoms with Crippen LogP contribution >= 0.6 is 11.6 Å². The van der Waals surface area contributed by atoms with Crippen LogP contribution in [0.3, 0.4) is 0 Å². The third-order valence-corrected chi connectivity index (χ3v) is 6.10. The zero-order valence-corrected chi connectivity index (χ0v) is 13.0. The van der Waals surface area contributed by atoms with Crippen LogP contribution in [0, 0.1) is 5.82 Å². The zero-order chi connectivity index (χ0) is 15.2. The molecule has 1 saturated heterocycles. The number of nitrogens with two attached hydrogens (primary N) is 1. The largest absolute Gasteiger partial charge is 0.396 e. The molecule has 1 heterocycles. The summed E-state index contributed by atoms with van der Waals surface area (Å²) in [7, 11) is -3.90. The summed E-state index contributed by atoms with van der Waals surface area (Å²) in [5.41, 5.74) is 5.21. The van der Waals surface area contributed by atoms with E-state index in [1.165, 1.54) is 23.2 Å². The summed E-state index contributed by atoms with van der Waals surface area (Å²) in [6.45, 7) is 2.10. The van der Waals surface area contributed by atoms with Crippen molar-refractivity contribution in [2.75, 3.05) is 31.9 Å². The van der Waals surface area contributed by atoms with Crippen molar-refractivity contribution in [2.45, 2.75) is 23.8 Å². The molecule has 8 heteroatoms. The first-order valence-electron chi connectivity index (χ1n) is 6.88. The van der Waals surface area contributed by atoms with Crippen LogP contribution in [0.15, 0.2) is 17.0 Å². The molecule has 1 saturated carbocycles. The summed E-state index contributed by atoms with van der Waals surface area (Å²) in [6.07, 6.45) is 2.37. The molecule has 0 unspecified atom stereocenters. The number of rotatable bonds is 3. The number of hydrogen-bond acceptors (Lipinski definition) is 4. The molecule has 0 bridgehead atoms. The Balaban J connectivity index is 1.84. The van der Waals surface area contributed by atoms with Gasteiger partial charge in [0.2, 0.25) is 10.0 Å². The van der Waals surface area contributed by atoms with E-state index in [9.17, 15) is 12.8 Å². The minimum Gasteiger partial charge on any atom is -0.396 e. The van der Waals surface area contributed by atoms with Gasteiger partial charge in [0, 0.05) is 37.2 Å². The smallest absolute Gasteiger partial charge is 0.246 e. The molecule has 0 aromatic heterocycles. The van der Waals surface area contributed by atoms with E-state index >= 15 is 0 Å². The van der Waals surface area contributed by atoms with Crippen molar-refractivity contribution in [2.24, 2.45) is 0 Å². The summed E-state index contributed by atoms with van der Waals surface area (Å²) >= 11 is 5.80. The van der Waals surface area contributed by atoms with Gasteiger partial charge in [0.1, 0.15) is 4.90 Å². The molecule has 1 aromatic rings. The predicted octanol–water partition coefficient (Wildman–Crippen LogP) is 1.53. The fourth-order valence-corrected chi connectivity index (χ4v) is 4.49. The highest BCUT2D eigenvalue weighted by Crippen LogP contribution is 2.30. The van der Waals surface area contributed by atoms with E-state index in [-0.39, 0.29) is 10.7 Å². The van der Waals surface area contributed by atoms with Crippen molar-refractivity contribution >= 4 is 27.3 Å². The molecule has 0 amide bonds. The van der Waals surface area contributed by atoms with Crippen molar-refractivity contribution in [3.63, 3.8) is 0 Å². The maximum atomic E-state index is 14.0. The van der Waals surface area contributed by atoms with Gasteiger partial charge in [-0.05, 0) is 25.0 Å². The van der Waals surface area contributed by atoms with E-state index < -0.39 is 20.7 Å². The van der Waals surface area contributed by atoms with E-state index in [1.54, 1.807) is 0 Å². The highest BCUT2D eigenvalue weighted by Gasteiger charge is 2.36. The van der Waals surface area contributed by atoms with Crippen molar-refractivity contribution in [3.05, 3.63) is 23.0 Å². The summed E-state index contributed by atoms with van der Waals surface area (Å²) in [5.74, 6) is -0.927. The van der Waals surface area contributed by atoms with Crippen LogP contribution in [0.1, 0.15) is 12.8 Å². The Kier molecular flexibility index (Phi) is 3.85. The van der Waals surface area contributed by atoms with E-state index in [0.717, 1.165) is 6.07 Å². The molecule has 5 nitrogen and oxygen atoms in total. The second-order valence-corrected chi connectivity index (χ2v) is 7.82. The molecule has 116 valence electrons.